The molecule has 0 amide bonds. The molecule has 41 heavy (non-hydrogen) atoms. The van der Waals surface area contributed by atoms with Gasteiger partial charge in [-0.2, -0.15) is 0 Å². The zero-order valence-electron chi connectivity index (χ0n) is 26.7. The minimum atomic E-state index is 0.562. The van der Waals surface area contributed by atoms with Crippen LogP contribution in [0.4, 0.5) is 0 Å². The number of hydrogen-bond acceptors (Lipinski definition) is 3. The Bertz CT molecular complexity index is 977. The average molecular weight is 556 g/mol. The van der Waals surface area contributed by atoms with Gasteiger partial charge >= 0.3 is 0 Å². The summed E-state index contributed by atoms with van der Waals surface area (Å²) in [4.78, 5) is 8.17. The third-order valence-electron chi connectivity index (χ3n) is 9.11. The van der Waals surface area contributed by atoms with Gasteiger partial charge in [0.2, 0.25) is 0 Å². The lowest BCUT2D eigenvalue weighted by Crippen LogP contribution is -2.47. The van der Waals surface area contributed by atoms with E-state index in [-0.39, 0.29) is 0 Å². The van der Waals surface area contributed by atoms with Crippen molar-refractivity contribution in [3.05, 3.63) is 108 Å². The van der Waals surface area contributed by atoms with Gasteiger partial charge in [0.1, 0.15) is 0 Å². The first-order valence-electron chi connectivity index (χ1n) is 16.3. The fraction of sp³-hybridized carbons (Fsp3) is 0.526. The Hall–Kier alpha value is -2.46. The van der Waals surface area contributed by atoms with Crippen molar-refractivity contribution in [3.63, 3.8) is 0 Å². The minimum Gasteiger partial charge on any atom is -0.300 e. The van der Waals surface area contributed by atoms with Crippen LogP contribution in [-0.2, 0) is 19.3 Å². The molecule has 0 aliphatic rings. The Kier molecular flexibility index (Phi) is 15.2. The molecular formula is C38H57N3. The second-order valence-corrected chi connectivity index (χ2v) is 11.9. The molecule has 3 aromatic carbocycles. The van der Waals surface area contributed by atoms with Crippen LogP contribution in [0.15, 0.2) is 91.0 Å². The number of rotatable bonds is 20. The Labute approximate surface area is 252 Å². The highest BCUT2D eigenvalue weighted by Crippen LogP contribution is 2.15. The number of hydrogen-bond donors (Lipinski definition) is 0. The molecule has 3 nitrogen and oxygen atoms in total. The summed E-state index contributed by atoms with van der Waals surface area (Å²) in [5.74, 6) is 0. The summed E-state index contributed by atoms with van der Waals surface area (Å²) in [6, 6.07) is 34.7. The van der Waals surface area contributed by atoms with E-state index in [9.17, 15) is 0 Å². The van der Waals surface area contributed by atoms with Gasteiger partial charge in [-0.25, -0.2) is 0 Å². The van der Waals surface area contributed by atoms with Crippen LogP contribution >= 0.6 is 0 Å². The second kappa shape index (κ2) is 18.9. The van der Waals surface area contributed by atoms with Crippen molar-refractivity contribution in [1.82, 2.24) is 14.7 Å². The molecule has 0 fully saturated rings. The molecule has 0 saturated carbocycles. The first-order valence-corrected chi connectivity index (χ1v) is 16.3. The van der Waals surface area contributed by atoms with E-state index in [4.69, 9.17) is 0 Å². The van der Waals surface area contributed by atoms with Crippen LogP contribution in [0.3, 0.4) is 0 Å². The van der Waals surface area contributed by atoms with Gasteiger partial charge in [0.05, 0.1) is 0 Å². The molecule has 0 radical (unpaired) electrons. The molecule has 0 saturated heterocycles. The Morgan fingerprint density at radius 1 is 0.415 bits per heavy atom. The van der Waals surface area contributed by atoms with E-state index < -0.39 is 0 Å². The van der Waals surface area contributed by atoms with E-state index in [0.29, 0.717) is 18.1 Å². The lowest BCUT2D eigenvalue weighted by atomic mass is 10.0. The third kappa shape index (κ3) is 12.1. The number of nitrogens with zero attached hydrogens (tertiary/aromatic N) is 3. The predicted molar refractivity (Wildman–Crippen MR) is 179 cm³/mol. The highest BCUT2D eigenvalue weighted by atomic mass is 15.2. The van der Waals surface area contributed by atoms with E-state index >= 15 is 0 Å². The van der Waals surface area contributed by atoms with Gasteiger partial charge < -0.3 is 0 Å². The summed E-state index contributed by atoms with van der Waals surface area (Å²) in [5.41, 5.74) is 4.36. The highest BCUT2D eigenvalue weighted by molar-refractivity contribution is 5.16. The van der Waals surface area contributed by atoms with Gasteiger partial charge in [0.25, 0.3) is 0 Å². The summed E-state index contributed by atoms with van der Waals surface area (Å²) in [5, 5.41) is 0. The monoisotopic (exact) mass is 555 g/mol. The molecule has 0 bridgehead atoms. The summed E-state index contributed by atoms with van der Waals surface area (Å²) in [6.45, 7) is 18.7. The molecule has 0 spiro atoms. The fourth-order valence-electron chi connectivity index (χ4n) is 6.06. The summed E-state index contributed by atoms with van der Waals surface area (Å²) >= 11 is 0. The van der Waals surface area contributed by atoms with Crippen LogP contribution in [0.2, 0.25) is 0 Å². The van der Waals surface area contributed by atoms with E-state index in [1.165, 1.54) is 36.0 Å². The third-order valence-corrected chi connectivity index (χ3v) is 9.11. The maximum Gasteiger partial charge on any atom is 0.0113 e. The lowest BCUT2D eigenvalue weighted by Gasteiger charge is -2.36. The standard InChI is InChI=1S/C38H57N3/c1-6-39(33(3)23-26-36-17-11-8-12-18-36)29-31-41(35(5)25-28-38-21-15-10-16-22-38)32-30-40(7-2)34(4)24-27-37-19-13-9-14-20-37/h8-22,33-35H,6-7,23-32H2,1-5H3. The van der Waals surface area contributed by atoms with Gasteiger partial charge in [0, 0.05) is 44.3 Å². The molecule has 3 rings (SSSR count). The van der Waals surface area contributed by atoms with Crippen molar-refractivity contribution in [3.8, 4) is 0 Å². The van der Waals surface area contributed by atoms with Crippen LogP contribution in [-0.4, -0.2) is 72.1 Å². The second-order valence-electron chi connectivity index (χ2n) is 11.9. The van der Waals surface area contributed by atoms with Crippen molar-refractivity contribution in [2.45, 2.75) is 91.3 Å². The summed E-state index contributed by atoms with van der Waals surface area (Å²) in [6.07, 6.45) is 7.09. The van der Waals surface area contributed by atoms with Gasteiger partial charge in [-0.1, -0.05) is 105 Å². The van der Waals surface area contributed by atoms with Crippen LogP contribution in [0, 0.1) is 0 Å². The quantitative estimate of drug-likeness (QED) is 0.140. The normalized spacial score (nSPS) is 14.0. The Balaban J connectivity index is 1.57. The molecule has 3 unspecified atom stereocenters. The fourth-order valence-corrected chi connectivity index (χ4v) is 6.06. The Morgan fingerprint density at radius 3 is 0.976 bits per heavy atom. The largest absolute Gasteiger partial charge is 0.300 e. The van der Waals surface area contributed by atoms with E-state index in [2.05, 4.69) is 140 Å². The van der Waals surface area contributed by atoms with Crippen molar-refractivity contribution < 1.29 is 0 Å². The molecule has 0 aliphatic carbocycles. The van der Waals surface area contributed by atoms with E-state index in [0.717, 1.165) is 58.5 Å². The van der Waals surface area contributed by atoms with Crippen molar-refractivity contribution in [2.24, 2.45) is 0 Å². The molecule has 0 heterocycles. The first kappa shape index (κ1) is 33.0. The van der Waals surface area contributed by atoms with Gasteiger partial charge in [-0.05, 0) is 89.1 Å². The molecule has 3 aromatic rings. The molecule has 0 N–H and O–H groups in total. The molecule has 0 aliphatic heterocycles. The zero-order chi connectivity index (χ0) is 29.3. The maximum atomic E-state index is 2.78. The predicted octanol–water partition coefficient (Wildman–Crippen LogP) is 8.00. The highest BCUT2D eigenvalue weighted by Gasteiger charge is 2.20. The summed E-state index contributed by atoms with van der Waals surface area (Å²) in [7, 11) is 0. The van der Waals surface area contributed by atoms with Crippen molar-refractivity contribution >= 4 is 0 Å². The molecule has 224 valence electrons. The van der Waals surface area contributed by atoms with Crippen LogP contribution in [0.25, 0.3) is 0 Å². The van der Waals surface area contributed by atoms with Crippen molar-refractivity contribution in [1.29, 1.82) is 0 Å². The SMILES string of the molecule is CCN(CCN(CCN(CC)C(C)CCc1ccccc1)C(C)CCc1ccccc1)C(C)CCc1ccccc1. The average Bonchev–Trinajstić information content (AvgIpc) is 3.02. The topological polar surface area (TPSA) is 9.72 Å². The van der Waals surface area contributed by atoms with Gasteiger partial charge in [-0.15, -0.1) is 0 Å². The molecule has 0 aromatic heterocycles. The smallest absolute Gasteiger partial charge is 0.0113 e. The summed E-state index contributed by atoms with van der Waals surface area (Å²) < 4.78 is 0. The van der Waals surface area contributed by atoms with E-state index in [1.54, 1.807) is 0 Å². The zero-order valence-corrected chi connectivity index (χ0v) is 26.7. The number of aryl methyl sites for hydroxylation is 3. The maximum absolute atomic E-state index is 2.78. The van der Waals surface area contributed by atoms with Crippen molar-refractivity contribution in [2.75, 3.05) is 39.3 Å². The molecular weight excluding hydrogens is 498 g/mol. The lowest BCUT2D eigenvalue weighted by molar-refractivity contribution is 0.116. The molecule has 3 atom stereocenters. The first-order chi connectivity index (χ1) is 20.0. The van der Waals surface area contributed by atoms with E-state index in [1.807, 2.05) is 0 Å². The van der Waals surface area contributed by atoms with Crippen LogP contribution < -0.4 is 0 Å². The minimum absolute atomic E-state index is 0.562. The Morgan fingerprint density at radius 2 is 0.683 bits per heavy atom. The molecule has 3 heteroatoms. The number of likely N-dealkylation sites (N-methyl/N-ethyl adjacent to an activating group) is 2. The van der Waals surface area contributed by atoms with Gasteiger partial charge in [-0.3, -0.25) is 14.7 Å². The van der Waals surface area contributed by atoms with Crippen LogP contribution in [0.1, 0.15) is 70.6 Å². The van der Waals surface area contributed by atoms with Gasteiger partial charge in [0.15, 0.2) is 0 Å². The van der Waals surface area contributed by atoms with Crippen LogP contribution in [0.5, 0.6) is 0 Å². The number of benzene rings is 3.